The summed E-state index contributed by atoms with van der Waals surface area (Å²) >= 11 is 0. The Balaban J connectivity index is 1.87. The first-order valence-electron chi connectivity index (χ1n) is 11.2. The van der Waals surface area contributed by atoms with Gasteiger partial charge in [0, 0.05) is 12.1 Å². The number of carbonyl (C=O) groups is 2. The van der Waals surface area contributed by atoms with Gasteiger partial charge in [0.05, 0.1) is 18.7 Å². The second kappa shape index (κ2) is 9.17. The molecule has 2 aromatic rings. The van der Waals surface area contributed by atoms with Crippen molar-refractivity contribution in [2.75, 3.05) is 26.9 Å². The number of carbonyl (C=O) groups excluding carboxylic acids is 2. The highest BCUT2D eigenvalue weighted by Gasteiger charge is 2.46. The number of aliphatic hydroxyl groups excluding tert-OH is 1. The number of Topliss-reactive ketones (excluding diaryl/α,β-unsaturated/α-hetero) is 1. The molecule has 33 heavy (non-hydrogen) atoms. The number of likely N-dealkylation sites (tertiary alicyclic amines) is 1. The summed E-state index contributed by atoms with van der Waals surface area (Å²) in [6, 6.07) is 9.94. The monoisotopic (exact) mass is 451 g/mol. The molecule has 0 bridgehead atoms. The van der Waals surface area contributed by atoms with Gasteiger partial charge in [0.1, 0.15) is 24.7 Å². The highest BCUT2D eigenvalue weighted by molar-refractivity contribution is 6.46. The van der Waals surface area contributed by atoms with Crippen molar-refractivity contribution in [3.05, 3.63) is 58.7 Å². The summed E-state index contributed by atoms with van der Waals surface area (Å²) in [4.78, 5) is 27.6. The Bertz CT molecular complexity index is 1120. The number of ether oxygens (including phenoxy) is 3. The predicted octanol–water partition coefficient (Wildman–Crippen LogP) is 4.42. The average molecular weight is 452 g/mol. The molecule has 1 saturated heterocycles. The van der Waals surface area contributed by atoms with Crippen LogP contribution in [0.1, 0.15) is 55.8 Å². The lowest BCUT2D eigenvalue weighted by Crippen LogP contribution is -2.30. The van der Waals surface area contributed by atoms with Gasteiger partial charge < -0.3 is 24.2 Å². The summed E-state index contributed by atoms with van der Waals surface area (Å²) in [6.45, 7) is 7.28. The second-order valence-corrected chi connectivity index (χ2v) is 8.51. The topological polar surface area (TPSA) is 85.3 Å². The minimum Gasteiger partial charge on any atom is -0.507 e. The van der Waals surface area contributed by atoms with E-state index in [-0.39, 0.29) is 17.3 Å². The number of aliphatic hydroxyl groups is 1. The SMILES string of the molecule is CCCN1C(=O)C(=O)/C(=C(/O)c2ccc(OC)c(C(C)C)c2)C1c1ccc2c(c1)OCCO2. The molecule has 0 aliphatic carbocycles. The Morgan fingerprint density at radius 3 is 2.52 bits per heavy atom. The van der Waals surface area contributed by atoms with Crippen LogP contribution in [0.15, 0.2) is 42.0 Å². The van der Waals surface area contributed by atoms with Crippen LogP contribution < -0.4 is 14.2 Å². The van der Waals surface area contributed by atoms with Crippen LogP contribution in [0.5, 0.6) is 17.2 Å². The van der Waals surface area contributed by atoms with Crippen molar-refractivity contribution >= 4 is 17.4 Å². The van der Waals surface area contributed by atoms with Crippen molar-refractivity contribution in [2.45, 2.75) is 39.2 Å². The van der Waals surface area contributed by atoms with E-state index in [1.54, 1.807) is 31.4 Å². The number of hydrogen-bond acceptors (Lipinski definition) is 6. The molecule has 1 amide bonds. The van der Waals surface area contributed by atoms with Crippen LogP contribution in [0, 0.1) is 0 Å². The van der Waals surface area contributed by atoms with Crippen LogP contribution in [-0.2, 0) is 9.59 Å². The van der Waals surface area contributed by atoms with Crippen LogP contribution in [0.3, 0.4) is 0 Å². The standard InChI is InChI=1S/C26H29NO6/c1-5-10-27-23(16-6-9-20-21(14-16)33-12-11-32-20)22(25(29)26(27)30)24(28)17-7-8-19(31-4)18(13-17)15(2)3/h6-9,13-15,23,28H,5,10-12H2,1-4H3/b24-22+. The Hall–Kier alpha value is -3.48. The van der Waals surface area contributed by atoms with Gasteiger partial charge in [-0.15, -0.1) is 0 Å². The Morgan fingerprint density at radius 2 is 1.85 bits per heavy atom. The number of ketones is 1. The van der Waals surface area contributed by atoms with E-state index in [0.717, 1.165) is 5.56 Å². The average Bonchev–Trinajstić information content (AvgIpc) is 3.08. The van der Waals surface area contributed by atoms with E-state index in [2.05, 4.69) is 0 Å². The number of nitrogens with zero attached hydrogens (tertiary/aromatic N) is 1. The van der Waals surface area contributed by atoms with Crippen LogP contribution in [-0.4, -0.2) is 48.6 Å². The van der Waals surface area contributed by atoms with Crippen molar-refractivity contribution in [3.63, 3.8) is 0 Å². The maximum Gasteiger partial charge on any atom is 0.295 e. The summed E-state index contributed by atoms with van der Waals surface area (Å²) in [6.07, 6.45) is 0.675. The van der Waals surface area contributed by atoms with Gasteiger partial charge in [-0.3, -0.25) is 9.59 Å². The van der Waals surface area contributed by atoms with Crippen molar-refractivity contribution in [1.29, 1.82) is 0 Å². The third kappa shape index (κ3) is 4.03. The van der Waals surface area contributed by atoms with E-state index in [1.165, 1.54) is 4.90 Å². The van der Waals surface area contributed by atoms with E-state index in [4.69, 9.17) is 14.2 Å². The van der Waals surface area contributed by atoms with Crippen molar-refractivity contribution in [3.8, 4) is 17.2 Å². The molecule has 0 aromatic heterocycles. The van der Waals surface area contributed by atoms with Gasteiger partial charge in [-0.2, -0.15) is 0 Å². The van der Waals surface area contributed by atoms with Crippen LogP contribution in [0.25, 0.3) is 5.76 Å². The van der Waals surface area contributed by atoms with E-state index < -0.39 is 17.7 Å². The van der Waals surface area contributed by atoms with Gasteiger partial charge in [-0.1, -0.05) is 26.8 Å². The summed E-state index contributed by atoms with van der Waals surface area (Å²) in [7, 11) is 1.60. The largest absolute Gasteiger partial charge is 0.507 e. The molecule has 7 heteroatoms. The molecule has 2 heterocycles. The first-order chi connectivity index (χ1) is 15.9. The third-order valence-corrected chi connectivity index (χ3v) is 6.01. The van der Waals surface area contributed by atoms with Crippen molar-refractivity contribution < 1.29 is 28.9 Å². The lowest BCUT2D eigenvalue weighted by molar-refractivity contribution is -0.139. The number of hydrogen-bond donors (Lipinski definition) is 1. The van der Waals surface area contributed by atoms with Gasteiger partial charge in [0.2, 0.25) is 0 Å². The fraction of sp³-hybridized carbons (Fsp3) is 0.385. The molecular weight excluding hydrogens is 422 g/mol. The quantitative estimate of drug-likeness (QED) is 0.398. The molecule has 0 spiro atoms. The molecule has 0 radical (unpaired) electrons. The molecule has 1 unspecified atom stereocenters. The second-order valence-electron chi connectivity index (χ2n) is 8.51. The van der Waals surface area contributed by atoms with Crippen LogP contribution in [0.2, 0.25) is 0 Å². The molecular formula is C26H29NO6. The molecule has 4 rings (SSSR count). The highest BCUT2D eigenvalue weighted by atomic mass is 16.6. The molecule has 174 valence electrons. The van der Waals surface area contributed by atoms with E-state index in [0.29, 0.717) is 54.6 Å². The lowest BCUT2D eigenvalue weighted by atomic mass is 9.93. The number of fused-ring (bicyclic) bond motifs is 1. The first kappa shape index (κ1) is 22.7. The number of rotatable bonds is 6. The summed E-state index contributed by atoms with van der Waals surface area (Å²) in [5, 5.41) is 11.3. The van der Waals surface area contributed by atoms with Gasteiger partial charge in [-0.05, 0) is 53.8 Å². The molecule has 2 aliphatic heterocycles. The summed E-state index contributed by atoms with van der Waals surface area (Å²) < 4.78 is 16.8. The lowest BCUT2D eigenvalue weighted by Gasteiger charge is -2.26. The number of benzene rings is 2. The number of amides is 1. The van der Waals surface area contributed by atoms with Gasteiger partial charge in [-0.25, -0.2) is 0 Å². The molecule has 1 atom stereocenters. The Morgan fingerprint density at radius 1 is 1.12 bits per heavy atom. The third-order valence-electron chi connectivity index (χ3n) is 6.01. The zero-order valence-corrected chi connectivity index (χ0v) is 19.4. The minimum atomic E-state index is -0.717. The normalized spacial score (nSPS) is 19.3. The zero-order chi connectivity index (χ0) is 23.7. The van der Waals surface area contributed by atoms with Gasteiger partial charge >= 0.3 is 0 Å². The molecule has 2 aliphatic rings. The van der Waals surface area contributed by atoms with Crippen LogP contribution in [0.4, 0.5) is 0 Å². The fourth-order valence-corrected chi connectivity index (χ4v) is 4.42. The molecule has 7 nitrogen and oxygen atoms in total. The van der Waals surface area contributed by atoms with Crippen molar-refractivity contribution in [1.82, 2.24) is 4.90 Å². The molecule has 2 aromatic carbocycles. The van der Waals surface area contributed by atoms with E-state index >= 15 is 0 Å². The van der Waals surface area contributed by atoms with Crippen molar-refractivity contribution in [2.24, 2.45) is 0 Å². The smallest absolute Gasteiger partial charge is 0.295 e. The molecule has 1 fully saturated rings. The Labute approximate surface area is 193 Å². The highest BCUT2D eigenvalue weighted by Crippen LogP contribution is 2.43. The van der Waals surface area contributed by atoms with Crippen LogP contribution >= 0.6 is 0 Å². The Kier molecular flexibility index (Phi) is 6.31. The maximum absolute atomic E-state index is 13.1. The summed E-state index contributed by atoms with van der Waals surface area (Å²) in [5.74, 6) is 0.525. The van der Waals surface area contributed by atoms with Gasteiger partial charge in [0.15, 0.2) is 11.5 Å². The van der Waals surface area contributed by atoms with E-state index in [1.807, 2.05) is 32.9 Å². The summed E-state index contributed by atoms with van der Waals surface area (Å²) in [5.41, 5.74) is 2.13. The minimum absolute atomic E-state index is 0.0741. The zero-order valence-electron chi connectivity index (χ0n) is 19.4. The molecule has 1 N–H and O–H groups in total. The fourth-order valence-electron chi connectivity index (χ4n) is 4.42. The first-order valence-corrected chi connectivity index (χ1v) is 11.2. The van der Waals surface area contributed by atoms with E-state index in [9.17, 15) is 14.7 Å². The number of methoxy groups -OCH3 is 1. The maximum atomic E-state index is 13.1. The predicted molar refractivity (Wildman–Crippen MR) is 124 cm³/mol. The molecule has 0 saturated carbocycles. The van der Waals surface area contributed by atoms with Gasteiger partial charge in [0.25, 0.3) is 11.7 Å².